The molecule has 0 aromatic heterocycles. The van der Waals surface area contributed by atoms with E-state index in [9.17, 15) is 5.11 Å². The molecule has 2 unspecified atom stereocenters. The molecule has 1 saturated heterocycles. The monoisotopic (exact) mass is 355 g/mol. The largest absolute Gasteiger partial charge is 0.391 e. The van der Waals surface area contributed by atoms with Crippen molar-refractivity contribution >= 4 is 21.6 Å². The van der Waals surface area contributed by atoms with E-state index in [0.717, 1.165) is 30.5 Å². The molecule has 0 aliphatic carbocycles. The van der Waals surface area contributed by atoms with Crippen molar-refractivity contribution in [1.82, 2.24) is 10.2 Å². The van der Waals surface area contributed by atoms with Crippen molar-refractivity contribution in [2.24, 2.45) is 0 Å². The van der Waals surface area contributed by atoms with Crippen LogP contribution in [0.3, 0.4) is 0 Å². The minimum Gasteiger partial charge on any atom is -0.391 e. The average Bonchev–Trinajstić information content (AvgIpc) is 2.77. The molecule has 0 spiro atoms. The third kappa shape index (κ3) is 4.42. The van der Waals surface area contributed by atoms with Gasteiger partial charge in [-0.25, -0.2) is 0 Å². The van der Waals surface area contributed by atoms with Gasteiger partial charge in [0, 0.05) is 35.8 Å². The summed E-state index contributed by atoms with van der Waals surface area (Å²) in [5.74, 6) is 0. The highest BCUT2D eigenvalue weighted by molar-refractivity contribution is 9.10. The predicted octanol–water partition coefficient (Wildman–Crippen LogP) is 2.06. The van der Waals surface area contributed by atoms with E-state index in [1.54, 1.807) is 0 Å². The highest BCUT2D eigenvalue weighted by Crippen LogP contribution is 2.31. The van der Waals surface area contributed by atoms with Crippen LogP contribution in [0.25, 0.3) is 0 Å². The summed E-state index contributed by atoms with van der Waals surface area (Å²) >= 11 is 3.58. The molecule has 1 heterocycles. The van der Waals surface area contributed by atoms with E-state index < -0.39 is 0 Å². The van der Waals surface area contributed by atoms with E-state index in [1.807, 2.05) is 0 Å². The fourth-order valence-electron chi connectivity index (χ4n) is 3.00. The van der Waals surface area contributed by atoms with E-state index in [4.69, 9.17) is 0 Å². The van der Waals surface area contributed by atoms with Gasteiger partial charge >= 0.3 is 0 Å². The topological polar surface area (TPSA) is 38.7 Å². The summed E-state index contributed by atoms with van der Waals surface area (Å²) in [5, 5.41) is 13.5. The fraction of sp³-hybridized carbons (Fsp3) is 0.625. The van der Waals surface area contributed by atoms with Crippen LogP contribution in [-0.2, 0) is 6.54 Å². The van der Waals surface area contributed by atoms with Gasteiger partial charge in [0.1, 0.15) is 0 Å². The first-order chi connectivity index (χ1) is 10.0. The number of hydrogen-bond donors (Lipinski definition) is 2. The highest BCUT2D eigenvalue weighted by atomic mass is 79.9. The van der Waals surface area contributed by atoms with Gasteiger partial charge in [0.25, 0.3) is 0 Å². The average molecular weight is 356 g/mol. The van der Waals surface area contributed by atoms with Crippen molar-refractivity contribution < 1.29 is 5.11 Å². The lowest BCUT2D eigenvalue weighted by molar-refractivity contribution is 0.191. The van der Waals surface area contributed by atoms with Crippen molar-refractivity contribution in [1.29, 1.82) is 0 Å². The SMILES string of the molecule is CCNCc1ccc(Br)cc1N1CC(O)CC1CN(C)C. The Morgan fingerprint density at radius 3 is 2.86 bits per heavy atom. The number of nitrogens with zero attached hydrogens (tertiary/aromatic N) is 2. The van der Waals surface area contributed by atoms with Gasteiger partial charge in [-0.3, -0.25) is 0 Å². The first-order valence-corrected chi connectivity index (χ1v) is 8.39. The van der Waals surface area contributed by atoms with Crippen molar-refractivity contribution in [3.63, 3.8) is 0 Å². The Bertz CT molecular complexity index is 467. The van der Waals surface area contributed by atoms with Gasteiger partial charge in [0.15, 0.2) is 0 Å². The lowest BCUT2D eigenvalue weighted by Crippen LogP contribution is -2.38. The van der Waals surface area contributed by atoms with E-state index in [1.165, 1.54) is 11.3 Å². The number of β-amino-alcohol motifs (C(OH)–C–C–N with tert-alkyl or cyclic N) is 1. The summed E-state index contributed by atoms with van der Waals surface area (Å²) in [6, 6.07) is 6.79. The lowest BCUT2D eigenvalue weighted by atomic mass is 10.1. The zero-order chi connectivity index (χ0) is 15.4. The quantitative estimate of drug-likeness (QED) is 0.819. The number of aliphatic hydroxyl groups is 1. The number of likely N-dealkylation sites (N-methyl/N-ethyl adjacent to an activating group) is 1. The summed E-state index contributed by atoms with van der Waals surface area (Å²) in [4.78, 5) is 4.56. The number of halogens is 1. The molecular weight excluding hydrogens is 330 g/mol. The summed E-state index contributed by atoms with van der Waals surface area (Å²) in [5.41, 5.74) is 2.52. The minimum atomic E-state index is -0.235. The summed E-state index contributed by atoms with van der Waals surface area (Å²) in [6.45, 7) is 5.62. The fourth-order valence-corrected chi connectivity index (χ4v) is 3.34. The maximum Gasteiger partial charge on any atom is 0.0735 e. The van der Waals surface area contributed by atoms with Gasteiger partial charge in [-0.2, -0.15) is 0 Å². The predicted molar refractivity (Wildman–Crippen MR) is 91.8 cm³/mol. The number of benzene rings is 1. The highest BCUT2D eigenvalue weighted by Gasteiger charge is 2.32. The molecule has 4 nitrogen and oxygen atoms in total. The summed E-state index contributed by atoms with van der Waals surface area (Å²) in [6.07, 6.45) is 0.603. The van der Waals surface area contributed by atoms with Crippen LogP contribution in [0, 0.1) is 0 Å². The Labute approximate surface area is 136 Å². The van der Waals surface area contributed by atoms with Gasteiger partial charge in [-0.1, -0.05) is 28.9 Å². The molecule has 1 aliphatic rings. The molecule has 1 aromatic rings. The van der Waals surface area contributed by atoms with Crippen molar-refractivity contribution in [2.45, 2.75) is 32.0 Å². The Morgan fingerprint density at radius 1 is 1.43 bits per heavy atom. The van der Waals surface area contributed by atoms with Crippen molar-refractivity contribution in [3.8, 4) is 0 Å². The molecule has 2 atom stereocenters. The number of nitrogens with one attached hydrogen (secondary N) is 1. The van der Waals surface area contributed by atoms with E-state index >= 15 is 0 Å². The molecule has 2 rings (SSSR count). The van der Waals surface area contributed by atoms with Gasteiger partial charge in [-0.15, -0.1) is 0 Å². The van der Waals surface area contributed by atoms with Crippen LogP contribution < -0.4 is 10.2 Å². The third-order valence-corrected chi connectivity index (χ3v) is 4.38. The molecule has 21 heavy (non-hydrogen) atoms. The van der Waals surface area contributed by atoms with Crippen LogP contribution in [0.4, 0.5) is 5.69 Å². The maximum absolute atomic E-state index is 10.1. The molecule has 5 heteroatoms. The molecular formula is C16H26BrN3O. The van der Waals surface area contributed by atoms with Crippen LogP contribution in [-0.4, -0.2) is 55.9 Å². The number of anilines is 1. The van der Waals surface area contributed by atoms with Crippen molar-refractivity contribution in [3.05, 3.63) is 28.2 Å². The van der Waals surface area contributed by atoms with Crippen LogP contribution in [0.1, 0.15) is 18.9 Å². The standard InChI is InChI=1S/C16H26BrN3O/c1-4-18-9-12-5-6-13(17)7-16(12)20-11-15(21)8-14(20)10-19(2)3/h5-7,14-15,18,21H,4,8-11H2,1-3H3. The van der Waals surface area contributed by atoms with Gasteiger partial charge in [0.05, 0.1) is 6.10 Å². The zero-order valence-corrected chi connectivity index (χ0v) is 14.7. The molecule has 0 amide bonds. The first kappa shape index (κ1) is 16.7. The van der Waals surface area contributed by atoms with Crippen LogP contribution in [0.2, 0.25) is 0 Å². The van der Waals surface area contributed by atoms with Gasteiger partial charge in [0.2, 0.25) is 0 Å². The number of rotatable bonds is 6. The van der Waals surface area contributed by atoms with E-state index in [2.05, 4.69) is 70.3 Å². The summed E-state index contributed by atoms with van der Waals surface area (Å²) < 4.78 is 1.09. The van der Waals surface area contributed by atoms with Crippen molar-refractivity contribution in [2.75, 3.05) is 38.6 Å². The van der Waals surface area contributed by atoms with Crippen LogP contribution in [0.5, 0.6) is 0 Å². The maximum atomic E-state index is 10.1. The molecule has 1 fully saturated rings. The molecule has 0 bridgehead atoms. The van der Waals surface area contributed by atoms with E-state index in [0.29, 0.717) is 12.6 Å². The lowest BCUT2D eigenvalue weighted by Gasteiger charge is -2.30. The molecule has 1 aromatic carbocycles. The second kappa shape index (κ2) is 7.58. The number of hydrogen-bond acceptors (Lipinski definition) is 4. The number of aliphatic hydroxyl groups excluding tert-OH is 1. The molecule has 1 aliphatic heterocycles. The molecule has 118 valence electrons. The second-order valence-electron chi connectivity index (χ2n) is 6.01. The van der Waals surface area contributed by atoms with Crippen LogP contribution >= 0.6 is 15.9 Å². The Balaban J connectivity index is 2.27. The Morgan fingerprint density at radius 2 is 2.19 bits per heavy atom. The Kier molecular flexibility index (Phi) is 6.05. The normalized spacial score (nSPS) is 22.3. The summed E-state index contributed by atoms with van der Waals surface area (Å²) in [7, 11) is 4.17. The zero-order valence-electron chi connectivity index (χ0n) is 13.1. The van der Waals surface area contributed by atoms with Gasteiger partial charge in [-0.05, 0) is 44.8 Å². The molecule has 0 radical (unpaired) electrons. The van der Waals surface area contributed by atoms with Gasteiger partial charge < -0.3 is 20.2 Å². The second-order valence-corrected chi connectivity index (χ2v) is 6.93. The molecule has 0 saturated carbocycles. The molecule has 2 N–H and O–H groups in total. The minimum absolute atomic E-state index is 0.235. The smallest absolute Gasteiger partial charge is 0.0735 e. The Hall–Kier alpha value is -0.620. The van der Waals surface area contributed by atoms with Crippen LogP contribution in [0.15, 0.2) is 22.7 Å². The van der Waals surface area contributed by atoms with E-state index in [-0.39, 0.29) is 6.10 Å². The third-order valence-electron chi connectivity index (χ3n) is 3.89. The first-order valence-electron chi connectivity index (χ1n) is 7.59.